The second-order valence-corrected chi connectivity index (χ2v) is 9.37. The molecule has 0 radical (unpaired) electrons. The van der Waals surface area contributed by atoms with Crippen molar-refractivity contribution < 1.29 is 17.9 Å². The molecule has 0 aliphatic carbocycles. The first-order valence-electron chi connectivity index (χ1n) is 8.40. The lowest BCUT2D eigenvalue weighted by Crippen LogP contribution is -2.47. The molecule has 1 aromatic carbocycles. The zero-order chi connectivity index (χ0) is 17.5. The van der Waals surface area contributed by atoms with Crippen molar-refractivity contribution >= 4 is 21.4 Å². The van der Waals surface area contributed by atoms with Gasteiger partial charge in [-0.05, 0) is 54.1 Å². The summed E-state index contributed by atoms with van der Waals surface area (Å²) >= 11 is 1.78. The summed E-state index contributed by atoms with van der Waals surface area (Å²) in [6.07, 6.45) is 2.36. The number of benzene rings is 1. The van der Waals surface area contributed by atoms with Gasteiger partial charge in [0.05, 0.1) is 24.2 Å². The molecule has 0 saturated carbocycles. The summed E-state index contributed by atoms with van der Waals surface area (Å²) in [7, 11) is -1.92. The van der Waals surface area contributed by atoms with E-state index in [1.54, 1.807) is 47.0 Å². The molecule has 1 saturated heterocycles. The number of piperidine rings is 1. The molecule has 1 fully saturated rings. The molecule has 2 aromatic rings. The minimum Gasteiger partial charge on any atom is -0.497 e. The van der Waals surface area contributed by atoms with Gasteiger partial charge in [0.15, 0.2) is 0 Å². The van der Waals surface area contributed by atoms with Crippen molar-refractivity contribution in [1.29, 1.82) is 0 Å². The quantitative estimate of drug-likeness (QED) is 0.823. The fourth-order valence-corrected chi connectivity index (χ4v) is 6.15. The highest BCUT2D eigenvalue weighted by Crippen LogP contribution is 2.44. The van der Waals surface area contributed by atoms with E-state index in [9.17, 15) is 8.42 Å². The molecular weight excluding hydrogens is 358 g/mol. The lowest BCUT2D eigenvalue weighted by atomic mass is 9.83. The fourth-order valence-electron chi connectivity index (χ4n) is 3.76. The van der Waals surface area contributed by atoms with E-state index < -0.39 is 10.0 Å². The maximum Gasteiger partial charge on any atom is 0.243 e. The van der Waals surface area contributed by atoms with Crippen molar-refractivity contribution in [3.63, 3.8) is 0 Å². The number of rotatable bonds is 3. The molecule has 134 valence electrons. The van der Waals surface area contributed by atoms with Crippen molar-refractivity contribution in [3.05, 3.63) is 46.2 Å². The molecule has 2 aliphatic heterocycles. The van der Waals surface area contributed by atoms with E-state index in [1.165, 1.54) is 10.4 Å². The molecule has 1 aromatic heterocycles. The van der Waals surface area contributed by atoms with E-state index in [0.29, 0.717) is 36.6 Å². The number of sulfonamides is 1. The van der Waals surface area contributed by atoms with Gasteiger partial charge in [0.1, 0.15) is 5.75 Å². The van der Waals surface area contributed by atoms with Crippen LogP contribution < -0.4 is 4.74 Å². The SMILES string of the molecule is COc1ccc(S(=O)(=O)N2CCC3(CC2)OCCc2sccc23)cc1. The molecule has 0 unspecified atom stereocenters. The van der Waals surface area contributed by atoms with Crippen LogP contribution in [0.2, 0.25) is 0 Å². The molecule has 0 N–H and O–H groups in total. The second-order valence-electron chi connectivity index (χ2n) is 6.43. The van der Waals surface area contributed by atoms with Crippen molar-refractivity contribution in [3.8, 4) is 5.75 Å². The highest BCUT2D eigenvalue weighted by Gasteiger charge is 2.43. The van der Waals surface area contributed by atoms with Gasteiger partial charge in [-0.2, -0.15) is 4.31 Å². The topological polar surface area (TPSA) is 55.8 Å². The summed E-state index contributed by atoms with van der Waals surface area (Å²) in [6.45, 7) is 1.67. The first kappa shape index (κ1) is 17.0. The fraction of sp³-hybridized carbons (Fsp3) is 0.444. The van der Waals surface area contributed by atoms with Gasteiger partial charge in [-0.25, -0.2) is 8.42 Å². The highest BCUT2D eigenvalue weighted by atomic mass is 32.2. The smallest absolute Gasteiger partial charge is 0.243 e. The molecule has 0 amide bonds. The molecule has 2 aliphatic rings. The monoisotopic (exact) mass is 379 g/mol. The lowest BCUT2D eigenvalue weighted by molar-refractivity contribution is -0.0882. The predicted octanol–water partition coefficient (Wildman–Crippen LogP) is 3.01. The Labute approximate surface area is 152 Å². The van der Waals surface area contributed by atoms with Crippen LogP contribution in [-0.4, -0.2) is 39.5 Å². The van der Waals surface area contributed by atoms with Crippen LogP contribution in [0.15, 0.2) is 40.6 Å². The zero-order valence-electron chi connectivity index (χ0n) is 14.1. The Kier molecular flexibility index (Phi) is 4.35. The Hall–Kier alpha value is -1.41. The summed E-state index contributed by atoms with van der Waals surface area (Å²) in [5, 5.41) is 2.11. The van der Waals surface area contributed by atoms with Crippen molar-refractivity contribution in [1.82, 2.24) is 4.31 Å². The van der Waals surface area contributed by atoms with Crippen molar-refractivity contribution in [2.45, 2.75) is 29.8 Å². The minimum absolute atomic E-state index is 0.306. The lowest BCUT2D eigenvalue weighted by Gasteiger charge is -2.43. The van der Waals surface area contributed by atoms with Gasteiger partial charge in [-0.3, -0.25) is 0 Å². The molecule has 25 heavy (non-hydrogen) atoms. The molecule has 3 heterocycles. The zero-order valence-corrected chi connectivity index (χ0v) is 15.7. The van der Waals surface area contributed by atoms with Crippen LogP contribution in [0.3, 0.4) is 0 Å². The molecule has 5 nitrogen and oxygen atoms in total. The molecule has 7 heteroatoms. The van der Waals surface area contributed by atoms with Gasteiger partial charge >= 0.3 is 0 Å². The van der Waals surface area contributed by atoms with Crippen LogP contribution >= 0.6 is 11.3 Å². The first-order chi connectivity index (χ1) is 12.0. The summed E-state index contributed by atoms with van der Waals surface area (Å²) in [5.74, 6) is 0.650. The van der Waals surface area contributed by atoms with Gasteiger partial charge in [-0.1, -0.05) is 0 Å². The molecular formula is C18H21NO4S2. The standard InChI is InChI=1S/C18H21NO4S2/c1-22-14-2-4-15(5-3-14)25(20,21)19-10-8-18(9-11-19)16-7-13-24-17(16)6-12-23-18/h2-5,7,13H,6,8-12H2,1H3. The maximum absolute atomic E-state index is 12.9. The Balaban J connectivity index is 1.54. The van der Waals surface area contributed by atoms with E-state index >= 15 is 0 Å². The maximum atomic E-state index is 12.9. The first-order valence-corrected chi connectivity index (χ1v) is 10.7. The highest BCUT2D eigenvalue weighted by molar-refractivity contribution is 7.89. The summed E-state index contributed by atoms with van der Waals surface area (Å²) < 4.78 is 38.6. The van der Waals surface area contributed by atoms with E-state index in [-0.39, 0.29) is 5.60 Å². The van der Waals surface area contributed by atoms with Gasteiger partial charge < -0.3 is 9.47 Å². The Morgan fingerprint density at radius 1 is 1.16 bits per heavy atom. The normalized spacial score (nSPS) is 20.4. The summed E-state index contributed by atoms with van der Waals surface area (Å²) in [4.78, 5) is 1.70. The summed E-state index contributed by atoms with van der Waals surface area (Å²) in [6, 6.07) is 8.71. The number of fused-ring (bicyclic) bond motifs is 2. The Morgan fingerprint density at radius 2 is 1.88 bits per heavy atom. The van der Waals surface area contributed by atoms with Crippen molar-refractivity contribution in [2.24, 2.45) is 0 Å². The van der Waals surface area contributed by atoms with Gasteiger partial charge in [0.2, 0.25) is 10.0 Å². The van der Waals surface area contributed by atoms with Crippen molar-refractivity contribution in [2.75, 3.05) is 26.8 Å². The van der Waals surface area contributed by atoms with Crippen LogP contribution in [0.5, 0.6) is 5.75 Å². The molecule has 1 spiro atoms. The number of thiophene rings is 1. The van der Waals surface area contributed by atoms with E-state index in [0.717, 1.165) is 13.0 Å². The van der Waals surface area contributed by atoms with Gasteiger partial charge in [0.25, 0.3) is 0 Å². The van der Waals surface area contributed by atoms with Crippen LogP contribution in [0.4, 0.5) is 0 Å². The van der Waals surface area contributed by atoms with Gasteiger partial charge in [0, 0.05) is 24.4 Å². The molecule has 0 atom stereocenters. The Morgan fingerprint density at radius 3 is 2.56 bits per heavy atom. The Bertz CT molecular complexity index is 849. The van der Waals surface area contributed by atoms with E-state index in [4.69, 9.17) is 9.47 Å². The molecule has 0 bridgehead atoms. The average Bonchev–Trinajstić information content (AvgIpc) is 3.13. The number of methoxy groups -OCH3 is 1. The predicted molar refractivity (Wildman–Crippen MR) is 96.6 cm³/mol. The number of ether oxygens (including phenoxy) is 2. The third kappa shape index (κ3) is 2.89. The summed E-state index contributed by atoms with van der Waals surface area (Å²) in [5.41, 5.74) is 0.963. The minimum atomic E-state index is -3.48. The van der Waals surface area contributed by atoms with Crippen LogP contribution in [0, 0.1) is 0 Å². The third-order valence-corrected chi connectivity index (χ3v) is 8.06. The largest absolute Gasteiger partial charge is 0.497 e. The molecule has 4 rings (SSSR count). The van der Waals surface area contributed by atoms with Crippen LogP contribution in [-0.2, 0) is 26.8 Å². The average molecular weight is 380 g/mol. The number of nitrogens with zero attached hydrogens (tertiary/aromatic N) is 1. The van der Waals surface area contributed by atoms with Crippen LogP contribution in [0.1, 0.15) is 23.3 Å². The third-order valence-electron chi connectivity index (χ3n) is 5.17. The number of hydrogen-bond acceptors (Lipinski definition) is 5. The van der Waals surface area contributed by atoms with E-state index in [2.05, 4.69) is 11.4 Å². The second kappa shape index (κ2) is 6.39. The van der Waals surface area contributed by atoms with E-state index in [1.807, 2.05) is 0 Å². The van der Waals surface area contributed by atoms with Gasteiger partial charge in [-0.15, -0.1) is 11.3 Å². The number of hydrogen-bond donors (Lipinski definition) is 0. The van der Waals surface area contributed by atoms with Crippen LogP contribution in [0.25, 0.3) is 0 Å².